The monoisotopic (exact) mass is 341 g/mol. The van der Waals surface area contributed by atoms with E-state index >= 15 is 0 Å². The zero-order chi connectivity index (χ0) is 15.7. The van der Waals surface area contributed by atoms with E-state index in [9.17, 15) is 13.2 Å². The molecule has 0 saturated heterocycles. The highest BCUT2D eigenvalue weighted by atomic mass is 32.2. The minimum Gasteiger partial charge on any atom is -0.451 e. The van der Waals surface area contributed by atoms with Gasteiger partial charge in [-0.05, 0) is 12.1 Å². The summed E-state index contributed by atoms with van der Waals surface area (Å²) in [6.45, 7) is -0.0832. The molecular formula is C12H11N3O5S2. The number of rotatable bonds is 3. The molecular weight excluding hydrogens is 330 g/mol. The third-order valence-electron chi connectivity index (χ3n) is 2.73. The molecule has 1 aliphatic rings. The van der Waals surface area contributed by atoms with Crippen molar-refractivity contribution in [1.29, 1.82) is 0 Å². The fraction of sp³-hybridized carbons (Fsp3) is 0.0833. The van der Waals surface area contributed by atoms with Gasteiger partial charge < -0.3 is 14.8 Å². The maximum Gasteiger partial charge on any atom is 0.324 e. The summed E-state index contributed by atoms with van der Waals surface area (Å²) in [4.78, 5) is 11.7. The fourth-order valence-electron chi connectivity index (χ4n) is 1.87. The van der Waals surface area contributed by atoms with Crippen molar-refractivity contribution >= 4 is 38.1 Å². The van der Waals surface area contributed by atoms with Gasteiger partial charge in [-0.15, -0.1) is 0 Å². The van der Waals surface area contributed by atoms with Gasteiger partial charge in [-0.1, -0.05) is 29.5 Å². The predicted octanol–water partition coefficient (Wildman–Crippen LogP) is 1.77. The molecule has 8 nitrogen and oxygen atoms in total. The number of sulfonamides is 1. The topological polar surface area (TPSA) is 120 Å². The summed E-state index contributed by atoms with van der Waals surface area (Å²) in [7, 11) is -4.07. The van der Waals surface area contributed by atoms with Gasteiger partial charge in [0.1, 0.15) is 5.00 Å². The summed E-state index contributed by atoms with van der Waals surface area (Å²) in [5.41, 5.74) is 0.564. The molecule has 0 unspecified atom stereocenters. The molecule has 0 bridgehead atoms. The Balaban J connectivity index is 1.85. The van der Waals surface area contributed by atoms with E-state index < -0.39 is 16.1 Å². The van der Waals surface area contributed by atoms with Crippen molar-refractivity contribution in [3.05, 3.63) is 30.3 Å². The number of hydrogen-bond acceptors (Lipinski definition) is 6. The van der Waals surface area contributed by atoms with E-state index in [1.165, 1.54) is 0 Å². The third-order valence-corrected chi connectivity index (χ3v) is 4.82. The van der Waals surface area contributed by atoms with Gasteiger partial charge in [0.25, 0.3) is 0 Å². The number of benzene rings is 1. The van der Waals surface area contributed by atoms with E-state index in [4.69, 9.17) is 14.6 Å². The Morgan fingerprint density at radius 2 is 1.91 bits per heavy atom. The van der Waals surface area contributed by atoms with Crippen molar-refractivity contribution < 1.29 is 22.7 Å². The van der Waals surface area contributed by atoms with Crippen LogP contribution in [0.4, 0.5) is 15.5 Å². The Morgan fingerprint density at radius 1 is 1.18 bits per heavy atom. The number of anilines is 2. The summed E-state index contributed by atoms with van der Waals surface area (Å²) in [6.07, 6.45) is 0. The molecule has 2 heterocycles. The van der Waals surface area contributed by atoms with Crippen molar-refractivity contribution in [3.63, 3.8) is 0 Å². The molecule has 0 atom stereocenters. The molecule has 2 aromatic rings. The van der Waals surface area contributed by atoms with Gasteiger partial charge in [0.15, 0.2) is 10.6 Å². The lowest BCUT2D eigenvalue weighted by Crippen LogP contribution is -2.21. The molecule has 1 aromatic heterocycles. The number of nitrogens with two attached hydrogens (primary N) is 1. The number of fused-ring (bicyclic) bond motifs is 1. The van der Waals surface area contributed by atoms with Gasteiger partial charge in [0.05, 0.1) is 0 Å². The molecule has 0 aliphatic carbocycles. The molecule has 0 saturated carbocycles. The Morgan fingerprint density at radius 3 is 2.59 bits per heavy atom. The van der Waals surface area contributed by atoms with Crippen LogP contribution in [-0.4, -0.2) is 21.2 Å². The molecule has 22 heavy (non-hydrogen) atoms. The number of primary sulfonamides is 1. The van der Waals surface area contributed by atoms with Crippen LogP contribution >= 0.6 is 11.3 Å². The first-order valence-electron chi connectivity index (χ1n) is 6.03. The van der Waals surface area contributed by atoms with Crippen molar-refractivity contribution in [2.24, 2.45) is 5.14 Å². The van der Waals surface area contributed by atoms with Gasteiger partial charge in [-0.2, -0.15) is 0 Å². The number of carbonyl (C=O) groups excluding carboxylic acids is 1. The normalized spacial score (nSPS) is 13.0. The number of amides is 2. The second-order valence-corrected chi connectivity index (χ2v) is 6.76. The highest BCUT2D eigenvalue weighted by Gasteiger charge is 2.32. The molecule has 2 amide bonds. The molecule has 1 aliphatic heterocycles. The molecule has 0 spiro atoms. The maximum absolute atomic E-state index is 12.0. The summed E-state index contributed by atoms with van der Waals surface area (Å²) >= 11 is 0.936. The quantitative estimate of drug-likeness (QED) is 0.786. The zero-order valence-corrected chi connectivity index (χ0v) is 12.7. The first-order valence-corrected chi connectivity index (χ1v) is 8.39. The Hall–Kier alpha value is -2.30. The number of urea groups is 1. The SMILES string of the molecule is NS(=O)(=O)c1c(NC(=O)Nc2ccccc2)sc2c1OCO2. The van der Waals surface area contributed by atoms with Crippen LogP contribution in [0.1, 0.15) is 0 Å². The summed E-state index contributed by atoms with van der Waals surface area (Å²) in [6, 6.07) is 8.11. The van der Waals surface area contributed by atoms with E-state index in [0.29, 0.717) is 5.69 Å². The second-order valence-electron chi connectivity index (χ2n) is 4.27. The van der Waals surface area contributed by atoms with Gasteiger partial charge >= 0.3 is 6.03 Å². The Labute approximate surface area is 129 Å². The number of carbonyl (C=O) groups is 1. The summed E-state index contributed by atoms with van der Waals surface area (Å²) in [5, 5.41) is 10.5. The maximum atomic E-state index is 12.0. The first-order chi connectivity index (χ1) is 10.4. The minimum absolute atomic E-state index is 0.0301. The van der Waals surface area contributed by atoms with Crippen molar-refractivity contribution in [2.45, 2.75) is 4.90 Å². The molecule has 4 N–H and O–H groups in total. The van der Waals surface area contributed by atoms with Gasteiger partial charge in [-0.25, -0.2) is 18.4 Å². The van der Waals surface area contributed by atoms with Crippen LogP contribution in [0, 0.1) is 0 Å². The van der Waals surface area contributed by atoms with Crippen LogP contribution in [0.25, 0.3) is 0 Å². The van der Waals surface area contributed by atoms with E-state index in [1.54, 1.807) is 30.3 Å². The number of thiophene rings is 1. The number of ether oxygens (including phenoxy) is 2. The van der Waals surface area contributed by atoms with Crippen LogP contribution in [0.5, 0.6) is 10.8 Å². The lowest BCUT2D eigenvalue weighted by molar-refractivity contribution is 0.173. The number of nitrogens with one attached hydrogen (secondary N) is 2. The van der Waals surface area contributed by atoms with Crippen molar-refractivity contribution in [2.75, 3.05) is 17.4 Å². The van der Waals surface area contributed by atoms with Crippen LogP contribution in [0.15, 0.2) is 35.2 Å². The van der Waals surface area contributed by atoms with Crippen LogP contribution < -0.4 is 25.2 Å². The Kier molecular flexibility index (Phi) is 3.64. The average Bonchev–Trinajstić information content (AvgIpc) is 2.98. The standard InChI is InChI=1S/C12H11N3O5S2/c13-22(17,18)9-8-11(20-6-19-8)21-10(9)15-12(16)14-7-4-2-1-3-5-7/h1-5H,6H2,(H2,13,17,18)(H2,14,15,16). The first kappa shape index (κ1) is 14.6. The van der Waals surface area contributed by atoms with Crippen molar-refractivity contribution in [3.8, 4) is 10.8 Å². The predicted molar refractivity (Wildman–Crippen MR) is 80.9 cm³/mol. The van der Waals surface area contributed by atoms with Crippen molar-refractivity contribution in [1.82, 2.24) is 0 Å². The highest BCUT2D eigenvalue weighted by Crippen LogP contribution is 2.50. The van der Waals surface area contributed by atoms with Gasteiger partial charge in [0, 0.05) is 5.69 Å². The zero-order valence-electron chi connectivity index (χ0n) is 11.0. The van der Waals surface area contributed by atoms with E-state index in [-0.39, 0.29) is 27.5 Å². The largest absolute Gasteiger partial charge is 0.451 e. The highest BCUT2D eigenvalue weighted by molar-refractivity contribution is 7.89. The van der Waals surface area contributed by atoms with Gasteiger partial charge in [0.2, 0.25) is 21.9 Å². The summed E-state index contributed by atoms with van der Waals surface area (Å²) in [5.74, 6) is 0.0301. The minimum atomic E-state index is -4.07. The lowest BCUT2D eigenvalue weighted by Gasteiger charge is -2.08. The Bertz CT molecular complexity index is 817. The second kappa shape index (κ2) is 5.48. The molecule has 10 heteroatoms. The van der Waals surface area contributed by atoms with Crippen LogP contribution in [0.2, 0.25) is 0 Å². The lowest BCUT2D eigenvalue weighted by atomic mass is 10.3. The molecule has 116 valence electrons. The van der Waals surface area contributed by atoms with E-state index in [2.05, 4.69) is 10.6 Å². The number of hydrogen-bond donors (Lipinski definition) is 3. The van der Waals surface area contributed by atoms with Crippen LogP contribution in [0.3, 0.4) is 0 Å². The number of para-hydroxylation sites is 1. The van der Waals surface area contributed by atoms with Crippen LogP contribution in [-0.2, 0) is 10.0 Å². The smallest absolute Gasteiger partial charge is 0.324 e. The third kappa shape index (κ3) is 2.84. The summed E-state index contributed by atoms with van der Waals surface area (Å²) < 4.78 is 33.6. The molecule has 0 radical (unpaired) electrons. The van der Waals surface area contributed by atoms with E-state index in [1.807, 2.05) is 0 Å². The van der Waals surface area contributed by atoms with E-state index in [0.717, 1.165) is 11.3 Å². The molecule has 3 rings (SSSR count). The average molecular weight is 341 g/mol. The fourth-order valence-corrected chi connectivity index (χ4v) is 4.00. The van der Waals surface area contributed by atoms with Gasteiger partial charge in [-0.3, -0.25) is 5.32 Å². The molecule has 0 fully saturated rings. The molecule has 1 aromatic carbocycles.